The van der Waals surface area contributed by atoms with Gasteiger partial charge in [-0.15, -0.1) is 34.1 Å². The van der Waals surface area contributed by atoms with E-state index in [4.69, 9.17) is 0 Å². The van der Waals surface area contributed by atoms with Crippen molar-refractivity contribution < 1.29 is 51.0 Å². The number of hydrogen-bond donors (Lipinski definition) is 0. The van der Waals surface area contributed by atoms with Crippen LogP contribution in [-0.2, 0) is 39.0 Å². The van der Waals surface area contributed by atoms with Crippen LogP contribution in [0.2, 0.25) is 0 Å². The van der Waals surface area contributed by atoms with Gasteiger partial charge in [-0.05, 0) is 65.3 Å². The third-order valence-corrected chi connectivity index (χ3v) is 9.26. The molecule has 2 aliphatic carbocycles. The van der Waals surface area contributed by atoms with Crippen molar-refractivity contribution in [2.24, 2.45) is 0 Å². The van der Waals surface area contributed by atoms with Gasteiger partial charge in [-0.25, -0.2) is 0 Å². The zero-order valence-electron chi connectivity index (χ0n) is 25.6. The second-order valence-corrected chi connectivity index (χ2v) is 11.4. The fourth-order valence-corrected chi connectivity index (χ4v) is 7.11. The Bertz CT molecular complexity index is 1930. The molecule has 0 N–H and O–H groups in total. The van der Waals surface area contributed by atoms with Gasteiger partial charge in [0, 0.05) is 5.92 Å². The second kappa shape index (κ2) is 14.0. The molecule has 0 saturated carbocycles. The van der Waals surface area contributed by atoms with Gasteiger partial charge in [-0.1, -0.05) is 139 Å². The molecule has 3 heteroatoms. The smallest absolute Gasteiger partial charge is 1.00 e. The molecule has 0 spiro atoms. The van der Waals surface area contributed by atoms with E-state index in [-0.39, 0.29) is 56.9 Å². The van der Waals surface area contributed by atoms with E-state index >= 15 is 0 Å². The molecule has 0 amide bonds. The first-order valence-electron chi connectivity index (χ1n) is 15.0. The minimum absolute atomic E-state index is 0. The fraction of sp³-hybridized carbons (Fsp3) is 0.171. The number of halogens is 2. The molecule has 1 radical (unpaired) electrons. The van der Waals surface area contributed by atoms with Gasteiger partial charge in [0.2, 0.25) is 0 Å². The van der Waals surface area contributed by atoms with Crippen LogP contribution in [0.15, 0.2) is 115 Å². The van der Waals surface area contributed by atoms with Crippen LogP contribution in [0.3, 0.4) is 0 Å². The van der Waals surface area contributed by atoms with Gasteiger partial charge in [-0.2, -0.15) is 0 Å². The SMILES string of the molecule is CCc1ccc2c(c1)[C-]=c1c-2cc(=C(c2ccccc2)c2ccccc2)c(CC)c1C1C(C)=C(C)c2ccccc21.[Cl-].[Cl-].[Zr+3]. The normalized spacial score (nSPS) is 13.9. The Morgan fingerprint density at radius 2 is 1.27 bits per heavy atom. The minimum atomic E-state index is 0. The molecule has 2 aliphatic rings. The summed E-state index contributed by atoms with van der Waals surface area (Å²) in [5.41, 5.74) is 17.5. The Morgan fingerprint density at radius 1 is 0.659 bits per heavy atom. The monoisotopic (exact) mass is 687 g/mol. The Balaban J connectivity index is 0.00000147. The molecule has 5 aromatic carbocycles. The first-order chi connectivity index (χ1) is 20.1. The quantitative estimate of drug-likeness (QED) is 0.245. The molecule has 0 aliphatic heterocycles. The summed E-state index contributed by atoms with van der Waals surface area (Å²) in [6.07, 6.45) is 5.93. The van der Waals surface area contributed by atoms with E-state index in [9.17, 15) is 0 Å². The maximum Gasteiger partial charge on any atom is 3.00 e. The zero-order valence-corrected chi connectivity index (χ0v) is 29.6. The third-order valence-electron chi connectivity index (χ3n) is 9.26. The Morgan fingerprint density at radius 3 is 1.89 bits per heavy atom. The molecule has 1 atom stereocenters. The number of aryl methyl sites for hydroxylation is 1. The van der Waals surface area contributed by atoms with Gasteiger partial charge in [-0.3, -0.25) is 0 Å². The summed E-state index contributed by atoms with van der Waals surface area (Å²) >= 11 is 0. The molecular weight excluding hydrogens is 655 g/mol. The Labute approximate surface area is 293 Å². The predicted molar refractivity (Wildman–Crippen MR) is 173 cm³/mol. The standard InChI is InChI=1S/C41H35.2ClH.Zr/c1-5-28-21-22-34-31(23-28)24-37-36(34)25-38(40(29-15-9-7-10-16-29)30-17-11-8-12-18-30)32(6-2)41(37)39-27(4)26(3)33-19-13-14-20-35(33)39;;;/h7-23,25,39H,5-6H2,1-4H3;2*1H;/q-1;;;+3/p-2. The summed E-state index contributed by atoms with van der Waals surface area (Å²) in [6, 6.07) is 40.3. The van der Waals surface area contributed by atoms with E-state index in [0.717, 1.165) is 12.8 Å². The molecule has 5 aromatic rings. The summed E-state index contributed by atoms with van der Waals surface area (Å²) in [6.45, 7) is 9.20. The number of rotatable bonds is 5. The molecule has 44 heavy (non-hydrogen) atoms. The van der Waals surface area contributed by atoms with Crippen molar-refractivity contribution >= 4 is 17.2 Å². The van der Waals surface area contributed by atoms with E-state index in [2.05, 4.69) is 143 Å². The number of benzene rings is 5. The van der Waals surface area contributed by atoms with Crippen LogP contribution in [0, 0.1) is 0 Å². The molecule has 7 rings (SSSR count). The van der Waals surface area contributed by atoms with Crippen LogP contribution in [0.5, 0.6) is 0 Å². The van der Waals surface area contributed by atoms with E-state index in [0.29, 0.717) is 0 Å². The molecule has 0 saturated heterocycles. The van der Waals surface area contributed by atoms with E-state index in [1.54, 1.807) is 0 Å². The maximum atomic E-state index is 3.95. The maximum absolute atomic E-state index is 3.95. The van der Waals surface area contributed by atoms with Crippen LogP contribution < -0.4 is 35.3 Å². The van der Waals surface area contributed by atoms with Gasteiger partial charge in [0.1, 0.15) is 0 Å². The molecule has 0 aromatic heterocycles. The largest absolute Gasteiger partial charge is 3.00 e. The summed E-state index contributed by atoms with van der Waals surface area (Å²) in [5.74, 6) is 0.218. The average molecular weight is 690 g/mol. The van der Waals surface area contributed by atoms with Gasteiger partial charge in [0.15, 0.2) is 0 Å². The van der Waals surface area contributed by atoms with Gasteiger partial charge in [0.25, 0.3) is 0 Å². The van der Waals surface area contributed by atoms with Gasteiger partial charge < -0.3 is 24.8 Å². The number of hydrogen-bond acceptors (Lipinski definition) is 0. The number of allylic oxidation sites excluding steroid dienone is 2. The summed E-state index contributed by atoms with van der Waals surface area (Å²) in [7, 11) is 0. The van der Waals surface area contributed by atoms with E-state index < -0.39 is 0 Å². The second-order valence-electron chi connectivity index (χ2n) is 11.4. The molecule has 1 unspecified atom stereocenters. The van der Waals surface area contributed by atoms with Crippen molar-refractivity contribution in [1.82, 2.24) is 0 Å². The van der Waals surface area contributed by atoms with E-state index in [1.165, 1.54) is 82.8 Å². The topological polar surface area (TPSA) is 0 Å². The molecular formula is C41H35Cl2Zr. The minimum Gasteiger partial charge on any atom is -1.00 e. The van der Waals surface area contributed by atoms with Crippen molar-refractivity contribution in [2.75, 3.05) is 0 Å². The van der Waals surface area contributed by atoms with Crippen molar-refractivity contribution in [3.63, 3.8) is 0 Å². The van der Waals surface area contributed by atoms with Crippen LogP contribution in [0.1, 0.15) is 78.1 Å². The summed E-state index contributed by atoms with van der Waals surface area (Å²) in [5, 5.41) is 2.62. The van der Waals surface area contributed by atoms with Gasteiger partial charge >= 0.3 is 26.2 Å². The van der Waals surface area contributed by atoms with Crippen LogP contribution >= 0.6 is 0 Å². The van der Waals surface area contributed by atoms with Crippen molar-refractivity contribution in [3.05, 3.63) is 170 Å². The third kappa shape index (κ3) is 5.53. The van der Waals surface area contributed by atoms with Crippen molar-refractivity contribution in [2.45, 2.75) is 46.5 Å². The van der Waals surface area contributed by atoms with Crippen LogP contribution in [0.25, 0.3) is 28.3 Å². The zero-order chi connectivity index (χ0) is 28.1. The molecule has 0 heterocycles. The Hall–Kier alpha value is -2.96. The summed E-state index contributed by atoms with van der Waals surface area (Å²) < 4.78 is 0. The van der Waals surface area contributed by atoms with E-state index in [1.807, 2.05) is 0 Å². The van der Waals surface area contributed by atoms with Crippen molar-refractivity contribution in [1.29, 1.82) is 0 Å². The molecule has 217 valence electrons. The fourth-order valence-electron chi connectivity index (χ4n) is 7.11. The number of fused-ring (bicyclic) bond motifs is 4. The van der Waals surface area contributed by atoms with Crippen LogP contribution in [-0.4, -0.2) is 0 Å². The molecule has 0 fully saturated rings. The average Bonchev–Trinajstić information content (AvgIpc) is 3.51. The first kappa shape index (κ1) is 33.9. The van der Waals surface area contributed by atoms with Gasteiger partial charge in [0.05, 0.1) is 0 Å². The van der Waals surface area contributed by atoms with Crippen molar-refractivity contribution in [3.8, 4) is 11.1 Å². The predicted octanol–water partition coefficient (Wildman–Crippen LogP) is 2.69. The van der Waals surface area contributed by atoms with Crippen LogP contribution in [0.4, 0.5) is 0 Å². The summed E-state index contributed by atoms with van der Waals surface area (Å²) in [4.78, 5) is 0. The molecule has 0 bridgehead atoms. The molecule has 0 nitrogen and oxygen atoms in total. The Kier molecular flexibility index (Phi) is 10.8. The first-order valence-corrected chi connectivity index (χ1v) is 15.0.